The quantitative estimate of drug-likeness (QED) is 0.643. The van der Waals surface area contributed by atoms with E-state index in [1.165, 1.54) is 6.92 Å². The van der Waals surface area contributed by atoms with E-state index in [9.17, 15) is 22.4 Å². The number of benzene rings is 1. The number of carbonyl (C=O) groups is 1. The number of carboxylic acids is 1. The van der Waals surface area contributed by atoms with E-state index in [2.05, 4.69) is 0 Å². The van der Waals surface area contributed by atoms with Crippen LogP contribution in [0.4, 0.5) is 17.6 Å². The van der Waals surface area contributed by atoms with Crippen molar-refractivity contribution in [1.82, 2.24) is 0 Å². The van der Waals surface area contributed by atoms with Crippen LogP contribution in [0, 0.1) is 5.82 Å². The highest BCUT2D eigenvalue weighted by Crippen LogP contribution is 2.32. The lowest BCUT2D eigenvalue weighted by Crippen LogP contribution is -2.09. The zero-order valence-corrected chi connectivity index (χ0v) is 8.68. The first kappa shape index (κ1) is 13.2. The Hall–Kier alpha value is -1.85. The lowest BCUT2D eigenvalue weighted by Gasteiger charge is -2.09. The van der Waals surface area contributed by atoms with E-state index in [-0.39, 0.29) is 5.57 Å². The van der Waals surface area contributed by atoms with Crippen LogP contribution in [-0.2, 0) is 11.0 Å². The second-order valence-corrected chi connectivity index (χ2v) is 3.34. The average molecular weight is 248 g/mol. The molecule has 0 amide bonds. The third-order valence-corrected chi connectivity index (χ3v) is 2.04. The molecule has 0 saturated heterocycles. The molecule has 1 N–H and O–H groups in total. The molecule has 0 saturated carbocycles. The van der Waals surface area contributed by atoms with E-state index in [4.69, 9.17) is 5.11 Å². The number of rotatable bonds is 2. The molecule has 6 heteroatoms. The number of carboxylic acid groups (broad SMARTS) is 1. The zero-order chi connectivity index (χ0) is 13.2. The second-order valence-electron chi connectivity index (χ2n) is 3.34. The zero-order valence-electron chi connectivity index (χ0n) is 8.68. The highest BCUT2D eigenvalue weighted by Gasteiger charge is 2.34. The van der Waals surface area contributed by atoms with Crippen LogP contribution in [0.3, 0.4) is 0 Å². The number of hydrogen-bond acceptors (Lipinski definition) is 1. The van der Waals surface area contributed by atoms with Gasteiger partial charge in [-0.3, -0.25) is 0 Å². The number of hydrogen-bond donors (Lipinski definition) is 1. The van der Waals surface area contributed by atoms with Crippen LogP contribution in [0.2, 0.25) is 0 Å². The molecule has 0 spiro atoms. The molecule has 0 aliphatic carbocycles. The number of aliphatic carboxylic acids is 1. The Morgan fingerprint density at radius 3 is 2.41 bits per heavy atom. The Kier molecular flexibility index (Phi) is 3.55. The lowest BCUT2D eigenvalue weighted by atomic mass is 10.1. The fourth-order valence-electron chi connectivity index (χ4n) is 1.18. The van der Waals surface area contributed by atoms with E-state index in [1.807, 2.05) is 0 Å². The van der Waals surface area contributed by atoms with E-state index in [0.717, 1.165) is 18.2 Å². The minimum absolute atomic E-state index is 0.247. The van der Waals surface area contributed by atoms with Crippen LogP contribution in [-0.4, -0.2) is 11.1 Å². The van der Waals surface area contributed by atoms with E-state index >= 15 is 0 Å². The summed E-state index contributed by atoms with van der Waals surface area (Å²) >= 11 is 0. The van der Waals surface area contributed by atoms with Crippen molar-refractivity contribution in [3.63, 3.8) is 0 Å². The third-order valence-electron chi connectivity index (χ3n) is 2.04. The van der Waals surface area contributed by atoms with Gasteiger partial charge in [0.1, 0.15) is 5.82 Å². The first-order valence-electron chi connectivity index (χ1n) is 4.51. The van der Waals surface area contributed by atoms with Crippen molar-refractivity contribution in [1.29, 1.82) is 0 Å². The first-order valence-corrected chi connectivity index (χ1v) is 4.51. The fourth-order valence-corrected chi connectivity index (χ4v) is 1.18. The standard InChI is InChI=1S/C11H8F4O2/c1-6(10(16)17)5-7-3-2-4-8(9(7)12)11(13,14)15/h2-5H,1H3,(H,16,17)/b6-5+. The SMILES string of the molecule is C/C(=C\c1cccc(C(F)(F)F)c1F)C(=O)O. The van der Waals surface area contributed by atoms with Crippen LogP contribution in [0.15, 0.2) is 23.8 Å². The molecule has 1 aromatic rings. The van der Waals surface area contributed by atoms with Gasteiger partial charge in [0.25, 0.3) is 0 Å². The van der Waals surface area contributed by atoms with Crippen LogP contribution >= 0.6 is 0 Å². The van der Waals surface area contributed by atoms with E-state index < -0.39 is 29.1 Å². The largest absolute Gasteiger partial charge is 0.478 e. The van der Waals surface area contributed by atoms with Crippen molar-refractivity contribution < 1.29 is 27.5 Å². The van der Waals surface area contributed by atoms with Crippen molar-refractivity contribution >= 4 is 12.0 Å². The van der Waals surface area contributed by atoms with Gasteiger partial charge in [-0.1, -0.05) is 12.1 Å². The summed E-state index contributed by atoms with van der Waals surface area (Å²) < 4.78 is 50.5. The fraction of sp³-hybridized carbons (Fsp3) is 0.182. The molecule has 0 unspecified atom stereocenters. The molecule has 0 heterocycles. The normalized spacial score (nSPS) is 12.6. The predicted octanol–water partition coefficient (Wildman–Crippen LogP) is 3.33. The smallest absolute Gasteiger partial charge is 0.419 e. The molecule has 0 fully saturated rings. The minimum Gasteiger partial charge on any atom is -0.478 e. The molecule has 1 aromatic carbocycles. The molecular formula is C11H8F4O2. The Morgan fingerprint density at radius 2 is 1.94 bits per heavy atom. The maximum atomic E-state index is 13.4. The van der Waals surface area contributed by atoms with Crippen LogP contribution in [0.1, 0.15) is 18.1 Å². The topological polar surface area (TPSA) is 37.3 Å². The molecule has 0 radical (unpaired) electrons. The van der Waals surface area contributed by atoms with Gasteiger partial charge in [0.15, 0.2) is 0 Å². The van der Waals surface area contributed by atoms with Gasteiger partial charge in [-0.05, 0) is 19.1 Å². The molecule has 0 bridgehead atoms. The highest BCUT2D eigenvalue weighted by atomic mass is 19.4. The van der Waals surface area contributed by atoms with E-state index in [1.54, 1.807) is 0 Å². The van der Waals surface area contributed by atoms with Crippen molar-refractivity contribution in [2.45, 2.75) is 13.1 Å². The van der Waals surface area contributed by atoms with Gasteiger partial charge in [-0.2, -0.15) is 13.2 Å². The molecule has 92 valence electrons. The third kappa shape index (κ3) is 3.05. The summed E-state index contributed by atoms with van der Waals surface area (Å²) in [5.74, 6) is -2.79. The van der Waals surface area contributed by atoms with Crippen molar-refractivity contribution in [2.75, 3.05) is 0 Å². The second kappa shape index (κ2) is 4.57. The summed E-state index contributed by atoms with van der Waals surface area (Å²) in [6, 6.07) is 2.70. The van der Waals surface area contributed by atoms with Crippen LogP contribution in [0.5, 0.6) is 0 Å². The molecule has 0 aliphatic heterocycles. The van der Waals surface area contributed by atoms with Crippen molar-refractivity contribution in [3.8, 4) is 0 Å². The molecule has 0 aliphatic rings. The van der Waals surface area contributed by atoms with Gasteiger partial charge in [0, 0.05) is 11.1 Å². The van der Waals surface area contributed by atoms with Gasteiger partial charge in [-0.25, -0.2) is 9.18 Å². The van der Waals surface area contributed by atoms with Crippen LogP contribution in [0.25, 0.3) is 6.08 Å². The Balaban J connectivity index is 3.30. The van der Waals surface area contributed by atoms with Gasteiger partial charge in [-0.15, -0.1) is 0 Å². The van der Waals surface area contributed by atoms with Gasteiger partial charge >= 0.3 is 12.1 Å². The monoisotopic (exact) mass is 248 g/mol. The predicted molar refractivity (Wildman–Crippen MR) is 52.7 cm³/mol. The molecule has 1 rings (SSSR count). The summed E-state index contributed by atoms with van der Waals surface area (Å²) in [4.78, 5) is 10.5. The van der Waals surface area contributed by atoms with Crippen LogP contribution < -0.4 is 0 Å². The summed E-state index contributed by atoms with van der Waals surface area (Å²) in [5.41, 5.74) is -2.06. The molecule has 0 atom stereocenters. The summed E-state index contributed by atoms with van der Waals surface area (Å²) in [6.07, 6.45) is -3.95. The van der Waals surface area contributed by atoms with Gasteiger partial charge in [0.05, 0.1) is 5.56 Å². The Morgan fingerprint density at radius 1 is 1.35 bits per heavy atom. The molecule has 17 heavy (non-hydrogen) atoms. The number of halogens is 4. The van der Waals surface area contributed by atoms with Gasteiger partial charge < -0.3 is 5.11 Å². The van der Waals surface area contributed by atoms with Crippen molar-refractivity contribution in [3.05, 3.63) is 40.7 Å². The lowest BCUT2D eigenvalue weighted by molar-refractivity contribution is -0.140. The maximum absolute atomic E-state index is 13.4. The number of alkyl halides is 3. The Labute approximate surface area is 94.2 Å². The molecule has 0 aromatic heterocycles. The summed E-state index contributed by atoms with van der Waals surface area (Å²) in [5, 5.41) is 8.55. The maximum Gasteiger partial charge on any atom is 0.419 e. The minimum atomic E-state index is -4.80. The van der Waals surface area contributed by atoms with Crippen molar-refractivity contribution in [2.24, 2.45) is 0 Å². The molecular weight excluding hydrogens is 240 g/mol. The first-order chi connectivity index (χ1) is 7.73. The Bertz CT molecular complexity index is 475. The summed E-state index contributed by atoms with van der Waals surface area (Å²) in [6.45, 7) is 1.17. The molecule has 2 nitrogen and oxygen atoms in total. The van der Waals surface area contributed by atoms with Gasteiger partial charge in [0.2, 0.25) is 0 Å². The average Bonchev–Trinajstić information content (AvgIpc) is 2.19. The van der Waals surface area contributed by atoms with E-state index in [0.29, 0.717) is 6.07 Å². The highest BCUT2D eigenvalue weighted by molar-refractivity contribution is 5.91. The summed E-state index contributed by atoms with van der Waals surface area (Å²) in [7, 11) is 0.